The van der Waals surface area contributed by atoms with Crippen molar-refractivity contribution in [3.8, 4) is 0 Å². The molecular formula is C8H12F3NO3S. The molecular weight excluding hydrogens is 247 g/mol. The molecule has 1 heterocycles. The van der Waals surface area contributed by atoms with Gasteiger partial charge in [-0.2, -0.15) is 21.6 Å². The maximum Gasteiger partial charge on any atom is 0.534 e. The van der Waals surface area contributed by atoms with Gasteiger partial charge in [-0.3, -0.25) is 0 Å². The lowest BCUT2D eigenvalue weighted by molar-refractivity contribution is -0.0524. The Kier molecular flexibility index (Phi) is 3.84. The SMILES string of the molecule is CCC1=C(OS(=O)(=O)C(F)(F)F)CCNC1. The summed E-state index contributed by atoms with van der Waals surface area (Å²) < 4.78 is 61.9. The summed E-state index contributed by atoms with van der Waals surface area (Å²) in [6.07, 6.45) is 0.605. The molecule has 1 rings (SSSR count). The molecule has 94 valence electrons. The standard InChI is InChI=1S/C8H12F3NO3S/c1-2-6-5-12-4-3-7(6)15-16(13,14)8(9,10)11/h12H,2-5H2,1H3. The highest BCUT2D eigenvalue weighted by atomic mass is 32.2. The summed E-state index contributed by atoms with van der Waals surface area (Å²) in [6, 6.07) is 0. The monoisotopic (exact) mass is 259 g/mol. The van der Waals surface area contributed by atoms with E-state index in [9.17, 15) is 21.6 Å². The summed E-state index contributed by atoms with van der Waals surface area (Å²) in [6.45, 7) is 2.50. The van der Waals surface area contributed by atoms with Crippen LogP contribution in [0.25, 0.3) is 0 Å². The topological polar surface area (TPSA) is 55.4 Å². The number of hydrogen-bond acceptors (Lipinski definition) is 4. The molecule has 0 aromatic carbocycles. The molecule has 0 aliphatic carbocycles. The number of hydrogen-bond donors (Lipinski definition) is 1. The van der Waals surface area contributed by atoms with Crippen LogP contribution in [0.3, 0.4) is 0 Å². The minimum absolute atomic E-state index is 0.0847. The van der Waals surface area contributed by atoms with Crippen molar-refractivity contribution in [2.24, 2.45) is 0 Å². The molecule has 0 fully saturated rings. The molecule has 0 atom stereocenters. The zero-order chi connectivity index (χ0) is 12.4. The Morgan fingerprint density at radius 2 is 2.06 bits per heavy atom. The Morgan fingerprint density at radius 3 is 2.56 bits per heavy atom. The zero-order valence-corrected chi connectivity index (χ0v) is 9.41. The maximum atomic E-state index is 12.1. The minimum atomic E-state index is -5.53. The Labute approximate surface area is 91.6 Å². The van der Waals surface area contributed by atoms with E-state index in [0.29, 0.717) is 25.1 Å². The van der Waals surface area contributed by atoms with Gasteiger partial charge in [0, 0.05) is 19.5 Å². The molecule has 1 aliphatic heterocycles. The van der Waals surface area contributed by atoms with Gasteiger partial charge in [-0.1, -0.05) is 6.92 Å². The van der Waals surface area contributed by atoms with Crippen LogP contribution in [0.1, 0.15) is 19.8 Å². The smallest absolute Gasteiger partial charge is 0.381 e. The van der Waals surface area contributed by atoms with Crippen LogP contribution >= 0.6 is 0 Å². The average molecular weight is 259 g/mol. The minimum Gasteiger partial charge on any atom is -0.381 e. The zero-order valence-electron chi connectivity index (χ0n) is 8.60. The quantitative estimate of drug-likeness (QED) is 0.616. The van der Waals surface area contributed by atoms with E-state index in [-0.39, 0.29) is 12.2 Å². The summed E-state index contributed by atoms with van der Waals surface area (Å²) in [4.78, 5) is 0. The van der Waals surface area contributed by atoms with Gasteiger partial charge in [0.05, 0.1) is 0 Å². The average Bonchev–Trinajstić information content (AvgIpc) is 2.16. The van der Waals surface area contributed by atoms with Gasteiger partial charge >= 0.3 is 15.6 Å². The normalized spacial score (nSPS) is 18.8. The molecule has 1 aliphatic rings. The van der Waals surface area contributed by atoms with Crippen molar-refractivity contribution in [3.63, 3.8) is 0 Å². The summed E-state index contributed by atoms with van der Waals surface area (Å²) in [5.74, 6) is -0.0847. The highest BCUT2D eigenvalue weighted by molar-refractivity contribution is 7.87. The van der Waals surface area contributed by atoms with Crippen molar-refractivity contribution in [2.45, 2.75) is 25.3 Å². The Balaban J connectivity index is 2.92. The Hall–Kier alpha value is -0.760. The largest absolute Gasteiger partial charge is 0.534 e. The molecule has 0 saturated carbocycles. The van der Waals surface area contributed by atoms with Crippen LogP contribution in [0, 0.1) is 0 Å². The van der Waals surface area contributed by atoms with Crippen molar-refractivity contribution in [3.05, 3.63) is 11.3 Å². The Bertz CT molecular complexity index is 386. The fraction of sp³-hybridized carbons (Fsp3) is 0.750. The molecule has 0 unspecified atom stereocenters. The van der Waals surface area contributed by atoms with E-state index in [2.05, 4.69) is 9.50 Å². The molecule has 0 spiro atoms. The molecule has 0 radical (unpaired) electrons. The highest BCUT2D eigenvalue weighted by Crippen LogP contribution is 2.29. The van der Waals surface area contributed by atoms with Crippen LogP contribution in [0.2, 0.25) is 0 Å². The molecule has 16 heavy (non-hydrogen) atoms. The first-order chi connectivity index (χ1) is 7.28. The summed E-state index contributed by atoms with van der Waals surface area (Å²) >= 11 is 0. The molecule has 0 saturated heterocycles. The lowest BCUT2D eigenvalue weighted by Gasteiger charge is -2.20. The third-order valence-electron chi connectivity index (χ3n) is 2.18. The molecule has 0 aromatic heterocycles. The first-order valence-electron chi connectivity index (χ1n) is 4.70. The second-order valence-electron chi connectivity index (χ2n) is 3.29. The van der Waals surface area contributed by atoms with E-state index in [0.717, 1.165) is 0 Å². The van der Waals surface area contributed by atoms with Crippen LogP contribution in [0.15, 0.2) is 11.3 Å². The van der Waals surface area contributed by atoms with Crippen LogP contribution < -0.4 is 5.32 Å². The van der Waals surface area contributed by atoms with Gasteiger partial charge in [0.15, 0.2) is 0 Å². The molecule has 0 bridgehead atoms. The summed E-state index contributed by atoms with van der Waals surface area (Å²) in [7, 11) is -5.53. The van der Waals surface area contributed by atoms with Crippen molar-refractivity contribution >= 4 is 10.1 Å². The first-order valence-corrected chi connectivity index (χ1v) is 6.11. The van der Waals surface area contributed by atoms with Gasteiger partial charge in [0.25, 0.3) is 0 Å². The van der Waals surface area contributed by atoms with Crippen molar-refractivity contribution in [1.29, 1.82) is 0 Å². The fourth-order valence-corrected chi connectivity index (χ4v) is 1.88. The van der Waals surface area contributed by atoms with Gasteiger partial charge in [-0.15, -0.1) is 0 Å². The Morgan fingerprint density at radius 1 is 1.44 bits per heavy atom. The lowest BCUT2D eigenvalue weighted by Crippen LogP contribution is -2.30. The van der Waals surface area contributed by atoms with Crippen molar-refractivity contribution in [1.82, 2.24) is 5.32 Å². The predicted molar refractivity (Wildman–Crippen MR) is 50.9 cm³/mol. The van der Waals surface area contributed by atoms with Crippen LogP contribution in [-0.4, -0.2) is 27.0 Å². The van der Waals surface area contributed by atoms with E-state index >= 15 is 0 Å². The number of alkyl halides is 3. The van der Waals surface area contributed by atoms with Crippen molar-refractivity contribution in [2.75, 3.05) is 13.1 Å². The second kappa shape index (κ2) is 4.62. The van der Waals surface area contributed by atoms with Gasteiger partial charge in [-0.05, 0) is 12.0 Å². The lowest BCUT2D eigenvalue weighted by atomic mass is 10.1. The molecule has 8 heteroatoms. The third kappa shape index (κ3) is 2.88. The summed E-state index contributed by atoms with van der Waals surface area (Å²) in [5, 5.41) is 2.93. The van der Waals surface area contributed by atoms with E-state index < -0.39 is 15.6 Å². The predicted octanol–water partition coefficient (Wildman–Crippen LogP) is 1.51. The number of rotatable bonds is 3. The van der Waals surface area contributed by atoms with Crippen LogP contribution in [0.4, 0.5) is 13.2 Å². The summed E-state index contributed by atoms with van der Waals surface area (Å²) in [5.41, 5.74) is -4.82. The van der Waals surface area contributed by atoms with Crippen LogP contribution in [-0.2, 0) is 14.3 Å². The van der Waals surface area contributed by atoms with Crippen molar-refractivity contribution < 1.29 is 25.8 Å². The molecule has 0 aromatic rings. The van der Waals surface area contributed by atoms with Gasteiger partial charge < -0.3 is 9.50 Å². The molecule has 0 amide bonds. The third-order valence-corrected chi connectivity index (χ3v) is 3.17. The molecule has 4 nitrogen and oxygen atoms in total. The second-order valence-corrected chi connectivity index (χ2v) is 4.83. The van der Waals surface area contributed by atoms with E-state index in [1.807, 2.05) is 0 Å². The van der Waals surface area contributed by atoms with Gasteiger partial charge in [0.2, 0.25) is 0 Å². The van der Waals surface area contributed by atoms with Crippen LogP contribution in [0.5, 0.6) is 0 Å². The maximum absolute atomic E-state index is 12.1. The highest BCUT2D eigenvalue weighted by Gasteiger charge is 2.49. The van der Waals surface area contributed by atoms with E-state index in [4.69, 9.17) is 0 Å². The van der Waals surface area contributed by atoms with E-state index in [1.54, 1.807) is 6.92 Å². The van der Waals surface area contributed by atoms with Gasteiger partial charge in [-0.25, -0.2) is 0 Å². The van der Waals surface area contributed by atoms with Gasteiger partial charge in [0.1, 0.15) is 5.76 Å². The molecule has 1 N–H and O–H groups in total. The van der Waals surface area contributed by atoms with E-state index in [1.165, 1.54) is 0 Å². The fourth-order valence-electron chi connectivity index (χ4n) is 1.32. The number of nitrogens with one attached hydrogen (secondary N) is 1. The number of halogens is 3. The first kappa shape index (κ1) is 13.3.